The summed E-state index contributed by atoms with van der Waals surface area (Å²) in [6.45, 7) is 0.363. The van der Waals surface area contributed by atoms with E-state index in [4.69, 9.17) is 9.47 Å². The van der Waals surface area contributed by atoms with Crippen molar-refractivity contribution in [1.82, 2.24) is 9.55 Å². The highest BCUT2D eigenvalue weighted by atomic mass is 16.7. The van der Waals surface area contributed by atoms with Gasteiger partial charge in [0.15, 0.2) is 5.60 Å². The van der Waals surface area contributed by atoms with Crippen molar-refractivity contribution in [3.8, 4) is 0 Å². The quantitative estimate of drug-likeness (QED) is 0.422. The SMILES string of the molecule is C[C@@]1(O)[C@H](O)[C@@H](CO)O[C@@]1(O)n1ccc(NC(=O)OCc2ccccc2)nc1=O. The number of aromatic nitrogens is 2. The topological polar surface area (TPSA) is 163 Å². The van der Waals surface area contributed by atoms with Crippen molar-refractivity contribution < 1.29 is 34.7 Å². The smallest absolute Gasteiger partial charge is 0.413 e. The van der Waals surface area contributed by atoms with E-state index in [1.54, 1.807) is 24.3 Å². The molecule has 0 aliphatic carbocycles. The average molecular weight is 407 g/mol. The molecular weight excluding hydrogens is 386 g/mol. The molecule has 0 saturated carbocycles. The first kappa shape index (κ1) is 20.9. The van der Waals surface area contributed by atoms with Crippen LogP contribution in [0.3, 0.4) is 0 Å². The number of carbonyl (C=O) groups excluding carboxylic acids is 1. The molecular formula is C18H21N3O8. The second-order valence-electron chi connectivity index (χ2n) is 6.69. The fourth-order valence-electron chi connectivity index (χ4n) is 2.95. The molecule has 11 heteroatoms. The van der Waals surface area contributed by atoms with Crippen molar-refractivity contribution in [1.29, 1.82) is 0 Å². The number of nitrogens with one attached hydrogen (secondary N) is 1. The van der Waals surface area contributed by atoms with Crippen LogP contribution in [0.5, 0.6) is 0 Å². The summed E-state index contributed by atoms with van der Waals surface area (Å²) >= 11 is 0. The lowest BCUT2D eigenvalue weighted by atomic mass is 9.94. The molecule has 2 aromatic rings. The van der Waals surface area contributed by atoms with E-state index in [1.807, 2.05) is 6.07 Å². The van der Waals surface area contributed by atoms with Crippen molar-refractivity contribution in [2.45, 2.75) is 37.3 Å². The highest BCUT2D eigenvalue weighted by Crippen LogP contribution is 2.40. The number of benzene rings is 1. The Balaban J connectivity index is 1.73. The second-order valence-corrected chi connectivity index (χ2v) is 6.69. The van der Waals surface area contributed by atoms with Gasteiger partial charge in [0.25, 0.3) is 5.91 Å². The number of anilines is 1. The number of carbonyl (C=O) groups is 1. The van der Waals surface area contributed by atoms with Crippen LogP contribution in [0.4, 0.5) is 10.6 Å². The van der Waals surface area contributed by atoms with Crippen LogP contribution >= 0.6 is 0 Å². The number of rotatable bonds is 5. The van der Waals surface area contributed by atoms with E-state index in [0.717, 1.165) is 18.7 Å². The largest absolute Gasteiger partial charge is 0.444 e. The van der Waals surface area contributed by atoms with Gasteiger partial charge in [0.2, 0.25) is 0 Å². The van der Waals surface area contributed by atoms with Gasteiger partial charge in [-0.25, -0.2) is 14.2 Å². The predicted octanol–water partition coefficient (Wildman–Crippen LogP) is -0.902. The second kappa shape index (κ2) is 7.89. The Morgan fingerprint density at radius 1 is 1.31 bits per heavy atom. The van der Waals surface area contributed by atoms with Crippen molar-refractivity contribution in [2.75, 3.05) is 11.9 Å². The first-order valence-electron chi connectivity index (χ1n) is 8.68. The van der Waals surface area contributed by atoms with Gasteiger partial charge in [0, 0.05) is 6.20 Å². The molecule has 0 unspecified atom stereocenters. The van der Waals surface area contributed by atoms with Gasteiger partial charge in [0.1, 0.15) is 24.6 Å². The molecule has 1 fully saturated rings. The fraction of sp³-hybridized carbons (Fsp3) is 0.389. The van der Waals surface area contributed by atoms with Gasteiger partial charge in [-0.1, -0.05) is 30.3 Å². The average Bonchev–Trinajstić information content (AvgIpc) is 2.87. The zero-order valence-electron chi connectivity index (χ0n) is 15.4. The minimum atomic E-state index is -2.68. The monoisotopic (exact) mass is 407 g/mol. The lowest BCUT2D eigenvalue weighted by molar-refractivity contribution is -0.321. The number of aliphatic hydroxyl groups is 4. The highest BCUT2D eigenvalue weighted by molar-refractivity contribution is 5.83. The fourth-order valence-corrected chi connectivity index (χ4v) is 2.95. The van der Waals surface area contributed by atoms with E-state index in [-0.39, 0.29) is 12.4 Å². The number of aliphatic hydroxyl groups excluding tert-OH is 2. The summed E-state index contributed by atoms with van der Waals surface area (Å²) in [4.78, 5) is 27.8. The van der Waals surface area contributed by atoms with Crippen molar-refractivity contribution in [3.63, 3.8) is 0 Å². The first-order chi connectivity index (χ1) is 13.7. The molecule has 0 bridgehead atoms. The first-order valence-corrected chi connectivity index (χ1v) is 8.68. The molecule has 5 N–H and O–H groups in total. The molecule has 1 saturated heterocycles. The molecule has 2 heterocycles. The molecule has 1 aliphatic heterocycles. The van der Waals surface area contributed by atoms with Crippen LogP contribution < -0.4 is 11.0 Å². The van der Waals surface area contributed by atoms with Gasteiger partial charge < -0.3 is 29.9 Å². The standard InChI is InChI=1S/C18H21N3O8/c1-17(26)14(23)12(9-22)29-18(17,27)21-8-7-13(19-15(21)24)20-16(25)28-10-11-5-3-2-4-6-11/h2-8,12,14,22-23,26-27H,9-10H2,1H3,(H,19,20,24,25)/t12-,14-,17-,18-/m1/s1. The third-order valence-corrected chi connectivity index (χ3v) is 4.66. The molecule has 1 aromatic carbocycles. The maximum atomic E-state index is 12.3. The molecule has 0 radical (unpaired) electrons. The summed E-state index contributed by atoms with van der Waals surface area (Å²) in [6, 6.07) is 10.1. The maximum Gasteiger partial charge on any atom is 0.413 e. The summed E-state index contributed by atoms with van der Waals surface area (Å²) in [5, 5.41) is 42.7. The van der Waals surface area contributed by atoms with Crippen LogP contribution in [0, 0.1) is 0 Å². The molecule has 29 heavy (non-hydrogen) atoms. The summed E-state index contributed by atoms with van der Waals surface area (Å²) < 4.78 is 10.7. The van der Waals surface area contributed by atoms with Crippen LogP contribution in [-0.4, -0.2) is 60.5 Å². The van der Waals surface area contributed by atoms with Crippen molar-refractivity contribution >= 4 is 11.9 Å². The van der Waals surface area contributed by atoms with Gasteiger partial charge in [-0.3, -0.25) is 5.32 Å². The molecule has 1 amide bonds. The number of nitrogens with zero attached hydrogens (tertiary/aromatic N) is 2. The summed E-state index contributed by atoms with van der Waals surface area (Å²) in [7, 11) is 0. The Morgan fingerprint density at radius 2 is 2.00 bits per heavy atom. The molecule has 1 aromatic heterocycles. The molecule has 3 rings (SSSR count). The minimum Gasteiger partial charge on any atom is -0.444 e. The van der Waals surface area contributed by atoms with Crippen LogP contribution in [-0.2, 0) is 22.0 Å². The van der Waals surface area contributed by atoms with Gasteiger partial charge >= 0.3 is 11.8 Å². The van der Waals surface area contributed by atoms with E-state index in [1.165, 1.54) is 6.07 Å². The van der Waals surface area contributed by atoms with Gasteiger partial charge in [-0.2, -0.15) is 4.98 Å². The Morgan fingerprint density at radius 3 is 2.59 bits per heavy atom. The van der Waals surface area contributed by atoms with Gasteiger partial charge in [-0.05, 0) is 18.6 Å². The van der Waals surface area contributed by atoms with E-state index in [9.17, 15) is 30.0 Å². The molecule has 11 nitrogen and oxygen atoms in total. The lowest BCUT2D eigenvalue weighted by Gasteiger charge is -2.35. The Labute approximate surface area is 164 Å². The number of amides is 1. The number of hydrogen-bond acceptors (Lipinski definition) is 9. The summed E-state index contributed by atoms with van der Waals surface area (Å²) in [6.07, 6.45) is -2.83. The van der Waals surface area contributed by atoms with E-state index >= 15 is 0 Å². The maximum absolute atomic E-state index is 12.3. The van der Waals surface area contributed by atoms with Crippen LogP contribution in [0.1, 0.15) is 12.5 Å². The summed E-state index contributed by atoms with van der Waals surface area (Å²) in [5.41, 5.74) is -2.64. The third-order valence-electron chi connectivity index (χ3n) is 4.66. The predicted molar refractivity (Wildman–Crippen MR) is 97.5 cm³/mol. The van der Waals surface area contributed by atoms with Crippen molar-refractivity contribution in [2.24, 2.45) is 0 Å². The van der Waals surface area contributed by atoms with Crippen LogP contribution in [0.25, 0.3) is 0 Å². The Bertz CT molecular complexity index is 932. The van der Waals surface area contributed by atoms with E-state index in [2.05, 4.69) is 10.3 Å². The lowest BCUT2D eigenvalue weighted by Crippen LogP contribution is -2.58. The Hall–Kier alpha value is -2.83. The summed E-state index contributed by atoms with van der Waals surface area (Å²) in [5.74, 6) is -2.85. The van der Waals surface area contributed by atoms with E-state index < -0.39 is 42.1 Å². The minimum absolute atomic E-state index is 0.0145. The zero-order valence-corrected chi connectivity index (χ0v) is 15.4. The van der Waals surface area contributed by atoms with Crippen LogP contribution in [0.15, 0.2) is 47.4 Å². The van der Waals surface area contributed by atoms with Crippen molar-refractivity contribution in [3.05, 3.63) is 58.6 Å². The number of hydrogen-bond donors (Lipinski definition) is 5. The Kier molecular flexibility index (Phi) is 5.68. The van der Waals surface area contributed by atoms with Gasteiger partial charge in [0.05, 0.1) is 6.61 Å². The van der Waals surface area contributed by atoms with E-state index in [0.29, 0.717) is 4.57 Å². The molecule has 4 atom stereocenters. The normalized spacial score (nSPS) is 28.9. The van der Waals surface area contributed by atoms with Gasteiger partial charge in [-0.15, -0.1) is 0 Å². The highest BCUT2D eigenvalue weighted by Gasteiger charge is 2.64. The molecule has 1 aliphatic rings. The van der Waals surface area contributed by atoms with Crippen LogP contribution in [0.2, 0.25) is 0 Å². The third kappa shape index (κ3) is 3.86. The molecule has 0 spiro atoms. The molecule has 156 valence electrons. The number of ether oxygens (including phenoxy) is 2. The zero-order chi connectivity index (χ0) is 21.2.